The number of likely N-dealkylation sites (tertiary alicyclic amines) is 1. The normalized spacial score (nSPS) is 15.0. The molecule has 0 bridgehead atoms. The first-order chi connectivity index (χ1) is 15.5. The van der Waals surface area contributed by atoms with Gasteiger partial charge in [0, 0.05) is 19.6 Å². The average molecular weight is 466 g/mol. The Morgan fingerprint density at radius 1 is 1.12 bits per heavy atom. The van der Waals surface area contributed by atoms with Crippen LogP contribution >= 0.6 is 0 Å². The van der Waals surface area contributed by atoms with Crippen molar-refractivity contribution in [2.45, 2.75) is 39.2 Å². The summed E-state index contributed by atoms with van der Waals surface area (Å²) in [4.78, 5) is 37.5. The maximum Gasteiger partial charge on any atom is 0.410 e. The van der Waals surface area contributed by atoms with E-state index in [9.17, 15) is 18.8 Å². The van der Waals surface area contributed by atoms with Gasteiger partial charge in [0.15, 0.2) is 0 Å². The fourth-order valence-electron chi connectivity index (χ4n) is 3.25. The van der Waals surface area contributed by atoms with E-state index in [-0.39, 0.29) is 23.4 Å². The lowest BCUT2D eigenvalue weighted by atomic mass is 9.97. The van der Waals surface area contributed by atoms with Crippen molar-refractivity contribution in [3.63, 3.8) is 0 Å². The van der Waals surface area contributed by atoms with Gasteiger partial charge < -0.3 is 29.7 Å². The molecular weight excluding hydrogens is 433 g/mol. The highest BCUT2D eigenvalue weighted by Gasteiger charge is 2.27. The lowest BCUT2D eigenvalue weighted by molar-refractivity contribution is -0.138. The molecule has 0 aliphatic carbocycles. The monoisotopic (exact) mass is 465 g/mol. The molecule has 1 amide bonds. The van der Waals surface area contributed by atoms with Crippen LogP contribution in [0.3, 0.4) is 0 Å². The van der Waals surface area contributed by atoms with Gasteiger partial charge in [-0.2, -0.15) is 0 Å². The molecule has 0 saturated carbocycles. The number of benzene rings is 1. The van der Waals surface area contributed by atoms with E-state index in [1.807, 2.05) is 20.8 Å². The van der Waals surface area contributed by atoms with E-state index in [1.54, 1.807) is 11.0 Å². The predicted octanol–water partition coefficient (Wildman–Crippen LogP) is 3.53. The Labute approximate surface area is 193 Å². The van der Waals surface area contributed by atoms with Crippen molar-refractivity contribution in [2.75, 3.05) is 44.5 Å². The first-order valence-electron chi connectivity index (χ1n) is 10.7. The minimum Gasteiger partial charge on any atom is -0.466 e. The van der Waals surface area contributed by atoms with Gasteiger partial charge in [0.05, 0.1) is 31.7 Å². The number of nitrogens with zero attached hydrogens (tertiary/aromatic N) is 1. The maximum absolute atomic E-state index is 13.9. The number of esters is 2. The fraction of sp³-hybridized carbons (Fsp3) is 0.522. The third kappa shape index (κ3) is 8.28. The van der Waals surface area contributed by atoms with Crippen LogP contribution in [-0.2, 0) is 23.8 Å². The van der Waals surface area contributed by atoms with Crippen LogP contribution in [0.25, 0.3) is 0 Å². The molecule has 1 aliphatic heterocycles. The van der Waals surface area contributed by atoms with Crippen LogP contribution < -0.4 is 10.6 Å². The zero-order chi connectivity index (χ0) is 24.6. The SMILES string of the molecule is COC(=O)/C=C(/Nc1cc(F)ccc1NCC1CCN(C(=O)OC(C)(C)C)CC1)C(=O)OC. The van der Waals surface area contributed by atoms with Gasteiger partial charge in [0.25, 0.3) is 0 Å². The van der Waals surface area contributed by atoms with Crippen molar-refractivity contribution in [3.8, 4) is 0 Å². The summed E-state index contributed by atoms with van der Waals surface area (Å²) in [7, 11) is 2.35. The van der Waals surface area contributed by atoms with Gasteiger partial charge in [-0.25, -0.2) is 18.8 Å². The van der Waals surface area contributed by atoms with Crippen LogP contribution in [0.4, 0.5) is 20.6 Å². The Hall–Kier alpha value is -3.30. The van der Waals surface area contributed by atoms with Gasteiger partial charge in [-0.1, -0.05) is 0 Å². The number of hydrogen-bond acceptors (Lipinski definition) is 8. The van der Waals surface area contributed by atoms with E-state index in [4.69, 9.17) is 4.74 Å². The van der Waals surface area contributed by atoms with Crippen LogP contribution in [0.1, 0.15) is 33.6 Å². The molecule has 182 valence electrons. The summed E-state index contributed by atoms with van der Waals surface area (Å²) in [5.74, 6) is -1.79. The molecule has 0 unspecified atom stereocenters. The van der Waals surface area contributed by atoms with E-state index in [2.05, 4.69) is 20.1 Å². The molecule has 1 aromatic carbocycles. The van der Waals surface area contributed by atoms with Crippen molar-refractivity contribution in [1.29, 1.82) is 0 Å². The lowest BCUT2D eigenvalue weighted by Gasteiger charge is -2.33. The molecule has 0 atom stereocenters. The third-order valence-corrected chi connectivity index (χ3v) is 4.97. The van der Waals surface area contributed by atoms with Crippen LogP contribution in [-0.4, -0.2) is 62.4 Å². The number of anilines is 2. The summed E-state index contributed by atoms with van der Waals surface area (Å²) in [5.41, 5.74) is 0.0865. The zero-order valence-corrected chi connectivity index (χ0v) is 19.7. The second-order valence-electron chi connectivity index (χ2n) is 8.68. The lowest BCUT2D eigenvalue weighted by Crippen LogP contribution is -2.42. The molecular formula is C23H32FN3O6. The molecule has 1 aliphatic rings. The number of nitrogens with one attached hydrogen (secondary N) is 2. The average Bonchev–Trinajstić information content (AvgIpc) is 2.76. The highest BCUT2D eigenvalue weighted by molar-refractivity contribution is 5.99. The van der Waals surface area contributed by atoms with Crippen molar-refractivity contribution < 1.29 is 33.0 Å². The van der Waals surface area contributed by atoms with E-state index in [0.717, 1.165) is 18.9 Å². The number of amides is 1. The molecule has 0 aromatic heterocycles. The van der Waals surface area contributed by atoms with Gasteiger partial charge in [0.2, 0.25) is 0 Å². The number of methoxy groups -OCH3 is 2. The number of carbonyl (C=O) groups is 3. The highest BCUT2D eigenvalue weighted by Crippen LogP contribution is 2.27. The molecule has 2 rings (SSSR count). The molecule has 10 heteroatoms. The van der Waals surface area contributed by atoms with Crippen molar-refractivity contribution in [3.05, 3.63) is 35.8 Å². The maximum atomic E-state index is 13.9. The smallest absolute Gasteiger partial charge is 0.410 e. The number of carbonyl (C=O) groups excluding carboxylic acids is 3. The molecule has 1 fully saturated rings. The molecule has 1 heterocycles. The van der Waals surface area contributed by atoms with Crippen LogP contribution in [0.5, 0.6) is 0 Å². The van der Waals surface area contributed by atoms with E-state index < -0.39 is 23.4 Å². The Balaban J connectivity index is 2.02. The van der Waals surface area contributed by atoms with Gasteiger partial charge in [-0.05, 0) is 57.7 Å². The van der Waals surface area contributed by atoms with E-state index in [0.29, 0.717) is 25.3 Å². The summed E-state index contributed by atoms with van der Waals surface area (Å²) in [6, 6.07) is 4.04. The second kappa shape index (κ2) is 11.5. The Morgan fingerprint density at radius 2 is 1.79 bits per heavy atom. The topological polar surface area (TPSA) is 106 Å². The van der Waals surface area contributed by atoms with Gasteiger partial charge in [-0.15, -0.1) is 0 Å². The van der Waals surface area contributed by atoms with Crippen molar-refractivity contribution in [2.24, 2.45) is 5.92 Å². The minimum atomic E-state index is -0.801. The summed E-state index contributed by atoms with van der Waals surface area (Å²) >= 11 is 0. The number of halogens is 1. The largest absolute Gasteiger partial charge is 0.466 e. The van der Waals surface area contributed by atoms with E-state index in [1.165, 1.54) is 26.4 Å². The Morgan fingerprint density at radius 3 is 2.36 bits per heavy atom. The number of ether oxygens (including phenoxy) is 3. The Kier molecular flexibility index (Phi) is 9.07. The van der Waals surface area contributed by atoms with Gasteiger partial charge >= 0.3 is 18.0 Å². The Bertz CT molecular complexity index is 889. The quantitative estimate of drug-likeness (QED) is 0.358. The summed E-state index contributed by atoms with van der Waals surface area (Å²) in [6.07, 6.45) is 2.19. The van der Waals surface area contributed by atoms with Gasteiger partial charge in [-0.3, -0.25) is 0 Å². The molecule has 1 saturated heterocycles. The summed E-state index contributed by atoms with van der Waals surface area (Å²) < 4.78 is 28.6. The predicted molar refractivity (Wildman–Crippen MR) is 121 cm³/mol. The molecule has 9 nitrogen and oxygen atoms in total. The van der Waals surface area contributed by atoms with Crippen molar-refractivity contribution in [1.82, 2.24) is 4.90 Å². The molecule has 0 spiro atoms. The molecule has 0 radical (unpaired) electrons. The minimum absolute atomic E-state index is 0.191. The third-order valence-electron chi connectivity index (χ3n) is 4.97. The summed E-state index contributed by atoms with van der Waals surface area (Å²) in [6.45, 7) is 7.26. The number of hydrogen-bond donors (Lipinski definition) is 2. The standard InChI is InChI=1S/C23H32FN3O6/c1-23(2,3)33-22(30)27-10-8-15(9-11-27)14-25-17-7-6-16(24)12-18(17)26-19(21(29)32-5)13-20(28)31-4/h6-7,12-13,15,25-26H,8-11,14H2,1-5H3/b19-13+. The van der Waals surface area contributed by atoms with Crippen LogP contribution in [0.2, 0.25) is 0 Å². The zero-order valence-electron chi connectivity index (χ0n) is 19.7. The second-order valence-corrected chi connectivity index (χ2v) is 8.68. The molecule has 2 N–H and O–H groups in total. The van der Waals surface area contributed by atoms with Crippen molar-refractivity contribution >= 4 is 29.4 Å². The number of rotatable bonds is 7. The fourth-order valence-corrected chi connectivity index (χ4v) is 3.25. The first kappa shape index (κ1) is 26.0. The van der Waals surface area contributed by atoms with Crippen LogP contribution in [0.15, 0.2) is 30.0 Å². The van der Waals surface area contributed by atoms with E-state index >= 15 is 0 Å². The highest BCUT2D eigenvalue weighted by atomic mass is 19.1. The number of piperidine rings is 1. The van der Waals surface area contributed by atoms with Crippen LogP contribution in [0, 0.1) is 11.7 Å². The molecule has 33 heavy (non-hydrogen) atoms. The molecule has 1 aromatic rings. The first-order valence-corrected chi connectivity index (χ1v) is 10.7. The summed E-state index contributed by atoms with van der Waals surface area (Å²) in [5, 5.41) is 6.01. The van der Waals surface area contributed by atoms with Gasteiger partial charge in [0.1, 0.15) is 17.1 Å².